The Balaban J connectivity index is 1.96. The molecule has 1 atom stereocenters. The number of fused-ring (bicyclic) bond motifs is 1. The molecule has 0 fully saturated rings. The Hall–Kier alpha value is -1.59. The second-order valence-corrected chi connectivity index (χ2v) is 6.39. The van der Waals surface area contributed by atoms with Gasteiger partial charge >= 0.3 is 0 Å². The second kappa shape index (κ2) is 5.66. The lowest BCUT2D eigenvalue weighted by Gasteiger charge is -2.35. The zero-order valence-electron chi connectivity index (χ0n) is 11.6. The maximum Gasteiger partial charge on any atom is 0.273 e. The summed E-state index contributed by atoms with van der Waals surface area (Å²) in [7, 11) is 0. The molecule has 1 aliphatic rings. The van der Waals surface area contributed by atoms with E-state index in [9.17, 15) is 10.1 Å². The molecule has 1 aromatic heterocycles. The number of rotatable bonds is 3. The highest BCUT2D eigenvalue weighted by Crippen LogP contribution is 2.37. The van der Waals surface area contributed by atoms with Crippen LogP contribution in [0.1, 0.15) is 29.0 Å². The molecule has 4 nitrogen and oxygen atoms in total. The first-order chi connectivity index (χ1) is 10.1. The van der Waals surface area contributed by atoms with Gasteiger partial charge in [-0.2, -0.15) is 0 Å². The van der Waals surface area contributed by atoms with E-state index in [1.54, 1.807) is 17.4 Å². The van der Waals surface area contributed by atoms with Crippen molar-refractivity contribution >= 4 is 34.3 Å². The second-order valence-electron chi connectivity index (χ2n) is 5.12. The van der Waals surface area contributed by atoms with Crippen LogP contribution in [0.15, 0.2) is 29.6 Å². The Labute approximate surface area is 132 Å². The average molecular weight is 323 g/mol. The summed E-state index contributed by atoms with van der Waals surface area (Å²) in [5.74, 6) is 0.149. The van der Waals surface area contributed by atoms with E-state index in [-0.39, 0.29) is 22.5 Å². The number of nitrogens with zero attached hydrogens (tertiary/aromatic N) is 2. The fourth-order valence-corrected chi connectivity index (χ4v) is 4.07. The van der Waals surface area contributed by atoms with E-state index in [2.05, 4.69) is 23.3 Å². The van der Waals surface area contributed by atoms with Crippen LogP contribution < -0.4 is 4.90 Å². The van der Waals surface area contributed by atoms with Crippen LogP contribution in [0.5, 0.6) is 0 Å². The predicted molar refractivity (Wildman–Crippen MR) is 86.4 cm³/mol. The molecule has 0 aliphatic carbocycles. The van der Waals surface area contributed by atoms with Crippen molar-refractivity contribution in [2.24, 2.45) is 0 Å². The van der Waals surface area contributed by atoms with Crippen LogP contribution >= 0.6 is 22.9 Å². The van der Waals surface area contributed by atoms with E-state index in [1.807, 2.05) is 12.1 Å². The standard InChI is InChI=1S/C15H15ClN2O2S/c1-10-13-5-7-21-15(13)4-6-17(10)12-2-3-14(18(19)20)11(8-12)9-16/h2-3,5,7-8,10H,4,6,9H2,1H3. The zero-order chi connectivity index (χ0) is 15.0. The number of alkyl halides is 1. The topological polar surface area (TPSA) is 46.4 Å². The van der Waals surface area contributed by atoms with Crippen molar-refractivity contribution in [2.75, 3.05) is 11.4 Å². The normalized spacial score (nSPS) is 17.6. The minimum Gasteiger partial charge on any atom is -0.364 e. The van der Waals surface area contributed by atoms with Gasteiger partial charge in [-0.3, -0.25) is 10.1 Å². The number of nitro benzene ring substituents is 1. The minimum atomic E-state index is -0.377. The van der Waals surface area contributed by atoms with Gasteiger partial charge in [-0.05, 0) is 42.5 Å². The van der Waals surface area contributed by atoms with E-state index < -0.39 is 0 Å². The number of hydrogen-bond donors (Lipinski definition) is 0. The Kier molecular flexibility index (Phi) is 3.87. The van der Waals surface area contributed by atoms with E-state index >= 15 is 0 Å². The molecule has 0 N–H and O–H groups in total. The molecule has 3 rings (SSSR count). The third-order valence-electron chi connectivity index (χ3n) is 4.01. The van der Waals surface area contributed by atoms with Gasteiger partial charge in [0.2, 0.25) is 0 Å². The summed E-state index contributed by atoms with van der Waals surface area (Å²) >= 11 is 7.67. The summed E-state index contributed by atoms with van der Waals surface area (Å²) in [5, 5.41) is 13.1. The van der Waals surface area contributed by atoms with E-state index in [1.165, 1.54) is 10.4 Å². The predicted octanol–water partition coefficient (Wildman–Crippen LogP) is 4.52. The largest absolute Gasteiger partial charge is 0.364 e. The van der Waals surface area contributed by atoms with Crippen molar-refractivity contribution in [1.29, 1.82) is 0 Å². The Morgan fingerprint density at radius 1 is 1.48 bits per heavy atom. The molecule has 0 amide bonds. The molecule has 1 unspecified atom stereocenters. The van der Waals surface area contributed by atoms with Crippen LogP contribution in [0.25, 0.3) is 0 Å². The van der Waals surface area contributed by atoms with Crippen molar-refractivity contribution in [2.45, 2.75) is 25.3 Å². The van der Waals surface area contributed by atoms with Crippen molar-refractivity contribution in [3.8, 4) is 0 Å². The first kappa shape index (κ1) is 14.4. The highest BCUT2D eigenvalue weighted by Gasteiger charge is 2.26. The summed E-state index contributed by atoms with van der Waals surface area (Å²) in [4.78, 5) is 14.3. The number of anilines is 1. The van der Waals surface area contributed by atoms with E-state index in [4.69, 9.17) is 11.6 Å². The maximum atomic E-state index is 11.0. The fourth-order valence-electron chi connectivity index (χ4n) is 2.90. The molecule has 2 aromatic rings. The molecule has 0 spiro atoms. The Morgan fingerprint density at radius 2 is 2.29 bits per heavy atom. The lowest BCUT2D eigenvalue weighted by atomic mass is 10.00. The summed E-state index contributed by atoms with van der Waals surface area (Å²) in [6.07, 6.45) is 1.02. The summed E-state index contributed by atoms with van der Waals surface area (Å²) in [6, 6.07) is 7.68. The van der Waals surface area contributed by atoms with Crippen molar-refractivity contribution < 1.29 is 4.92 Å². The lowest BCUT2D eigenvalue weighted by Crippen LogP contribution is -2.33. The molecule has 0 saturated heterocycles. The first-order valence-electron chi connectivity index (χ1n) is 6.78. The Morgan fingerprint density at radius 3 is 3.00 bits per heavy atom. The average Bonchev–Trinajstić information content (AvgIpc) is 2.96. The van der Waals surface area contributed by atoms with Crippen LogP contribution in [0.2, 0.25) is 0 Å². The van der Waals surface area contributed by atoms with Crippen LogP contribution in [0, 0.1) is 10.1 Å². The minimum absolute atomic E-state index is 0.0923. The van der Waals surface area contributed by atoms with E-state index in [0.29, 0.717) is 5.56 Å². The summed E-state index contributed by atoms with van der Waals surface area (Å²) in [6.45, 7) is 3.10. The van der Waals surface area contributed by atoms with Gasteiger partial charge in [-0.15, -0.1) is 22.9 Å². The number of nitro groups is 1. The molecule has 0 bridgehead atoms. The Bertz CT molecular complexity index is 686. The van der Waals surface area contributed by atoms with Gasteiger partial charge < -0.3 is 4.90 Å². The summed E-state index contributed by atoms with van der Waals surface area (Å²) in [5.41, 5.74) is 3.02. The quantitative estimate of drug-likeness (QED) is 0.474. The highest BCUT2D eigenvalue weighted by atomic mass is 35.5. The first-order valence-corrected chi connectivity index (χ1v) is 8.19. The van der Waals surface area contributed by atoms with Crippen LogP contribution in [0.4, 0.5) is 11.4 Å². The smallest absolute Gasteiger partial charge is 0.273 e. The fraction of sp³-hybridized carbons (Fsp3) is 0.333. The molecule has 2 heterocycles. The van der Waals surface area contributed by atoms with Crippen molar-refractivity contribution in [3.05, 3.63) is 55.8 Å². The highest BCUT2D eigenvalue weighted by molar-refractivity contribution is 7.10. The van der Waals surface area contributed by atoms with Gasteiger partial charge in [0.1, 0.15) is 0 Å². The molecular formula is C15H15ClN2O2S. The molecular weight excluding hydrogens is 308 g/mol. The molecule has 0 saturated carbocycles. The van der Waals surface area contributed by atoms with E-state index in [0.717, 1.165) is 18.7 Å². The molecule has 0 radical (unpaired) electrons. The molecule has 1 aromatic carbocycles. The van der Waals surface area contributed by atoms with Gasteiger partial charge in [-0.1, -0.05) is 0 Å². The zero-order valence-corrected chi connectivity index (χ0v) is 13.2. The van der Waals surface area contributed by atoms with Crippen LogP contribution in [-0.4, -0.2) is 11.5 Å². The number of hydrogen-bond acceptors (Lipinski definition) is 4. The van der Waals surface area contributed by atoms with Gasteiger partial charge in [0.25, 0.3) is 5.69 Å². The SMILES string of the molecule is CC1c2ccsc2CCN1c1ccc([N+](=O)[O-])c(CCl)c1. The summed E-state index contributed by atoms with van der Waals surface area (Å²) < 4.78 is 0. The molecule has 110 valence electrons. The third-order valence-corrected chi connectivity index (χ3v) is 5.30. The number of thiophene rings is 1. The van der Waals surface area contributed by atoms with Crippen molar-refractivity contribution in [3.63, 3.8) is 0 Å². The monoisotopic (exact) mass is 322 g/mol. The van der Waals surface area contributed by atoms with Gasteiger partial charge in [-0.25, -0.2) is 0 Å². The maximum absolute atomic E-state index is 11.0. The number of halogens is 1. The van der Waals surface area contributed by atoms with Gasteiger partial charge in [0.15, 0.2) is 0 Å². The molecule has 6 heteroatoms. The van der Waals surface area contributed by atoms with Gasteiger partial charge in [0, 0.05) is 28.7 Å². The van der Waals surface area contributed by atoms with Crippen LogP contribution in [0.3, 0.4) is 0 Å². The molecule has 1 aliphatic heterocycles. The van der Waals surface area contributed by atoms with Crippen LogP contribution in [-0.2, 0) is 12.3 Å². The third kappa shape index (κ3) is 2.51. The number of benzene rings is 1. The molecule has 21 heavy (non-hydrogen) atoms. The van der Waals surface area contributed by atoms with Crippen molar-refractivity contribution in [1.82, 2.24) is 0 Å². The lowest BCUT2D eigenvalue weighted by molar-refractivity contribution is -0.385. The van der Waals surface area contributed by atoms with Gasteiger partial charge in [0.05, 0.1) is 16.8 Å².